The molecule has 0 spiro atoms. The van der Waals surface area contributed by atoms with E-state index in [-0.39, 0.29) is 29.6 Å². The van der Waals surface area contributed by atoms with Crippen LogP contribution >= 0.6 is 0 Å². The van der Waals surface area contributed by atoms with Gasteiger partial charge in [-0.25, -0.2) is 17.5 Å². The highest BCUT2D eigenvalue weighted by molar-refractivity contribution is 7.92. The van der Waals surface area contributed by atoms with Crippen LogP contribution in [0.4, 0.5) is 4.39 Å². The number of carboxylic acid groups (broad SMARTS) is 1. The standard InChI is InChI=1S/C24H32FNO4S/c1-24(2)18-15-21(24)20(7-5-3-4-6-8-23(27)28)22(16-18)26-31(29,30)14-13-17-9-11-19(25)12-10-17/h3,5,9-14,18,20-22,26H,4,6-8,15-16H2,1-2H3,(H,27,28)/b5-3-,14-13?. The largest absolute Gasteiger partial charge is 0.481 e. The highest BCUT2D eigenvalue weighted by Gasteiger charge is 2.57. The summed E-state index contributed by atoms with van der Waals surface area (Å²) in [7, 11) is -3.62. The minimum Gasteiger partial charge on any atom is -0.481 e. The Morgan fingerprint density at radius 3 is 2.58 bits per heavy atom. The van der Waals surface area contributed by atoms with Gasteiger partial charge in [-0.3, -0.25) is 4.79 Å². The van der Waals surface area contributed by atoms with Crippen molar-refractivity contribution in [3.8, 4) is 0 Å². The molecule has 1 aromatic carbocycles. The van der Waals surface area contributed by atoms with Gasteiger partial charge < -0.3 is 5.11 Å². The second-order valence-electron chi connectivity index (χ2n) is 9.38. The highest BCUT2D eigenvalue weighted by Crippen LogP contribution is 2.62. The third-order valence-corrected chi connectivity index (χ3v) is 8.21. The molecule has 170 valence electrons. The van der Waals surface area contributed by atoms with Gasteiger partial charge in [0, 0.05) is 17.9 Å². The molecular formula is C24H32FNO4S. The number of carboxylic acids is 1. The molecule has 0 heterocycles. The molecule has 3 saturated carbocycles. The van der Waals surface area contributed by atoms with Crippen LogP contribution < -0.4 is 4.72 Å². The summed E-state index contributed by atoms with van der Waals surface area (Å²) in [4.78, 5) is 10.6. The van der Waals surface area contributed by atoms with Gasteiger partial charge in [-0.15, -0.1) is 0 Å². The zero-order valence-corrected chi connectivity index (χ0v) is 18.9. The number of aliphatic carboxylic acids is 1. The number of sulfonamides is 1. The third-order valence-electron chi connectivity index (χ3n) is 7.08. The van der Waals surface area contributed by atoms with Gasteiger partial charge in [0.05, 0.1) is 0 Å². The number of nitrogens with one attached hydrogen (secondary N) is 1. The molecule has 7 heteroatoms. The molecule has 3 fully saturated rings. The van der Waals surface area contributed by atoms with Crippen molar-refractivity contribution in [2.45, 2.75) is 58.4 Å². The maximum Gasteiger partial charge on any atom is 0.303 e. The highest BCUT2D eigenvalue weighted by atomic mass is 32.2. The Morgan fingerprint density at radius 2 is 1.94 bits per heavy atom. The summed E-state index contributed by atoms with van der Waals surface area (Å²) in [5.41, 5.74) is 0.841. The predicted octanol–water partition coefficient (Wildman–Crippen LogP) is 4.97. The van der Waals surface area contributed by atoms with Gasteiger partial charge in [-0.1, -0.05) is 38.1 Å². The maximum absolute atomic E-state index is 13.0. The van der Waals surface area contributed by atoms with E-state index < -0.39 is 16.0 Å². The van der Waals surface area contributed by atoms with Crippen molar-refractivity contribution in [2.75, 3.05) is 0 Å². The van der Waals surface area contributed by atoms with Crippen molar-refractivity contribution < 1.29 is 22.7 Å². The van der Waals surface area contributed by atoms with Crippen LogP contribution in [0.2, 0.25) is 0 Å². The zero-order valence-electron chi connectivity index (χ0n) is 18.1. The monoisotopic (exact) mass is 449 g/mol. The van der Waals surface area contributed by atoms with E-state index in [0.29, 0.717) is 30.2 Å². The van der Waals surface area contributed by atoms with Crippen LogP contribution in [0.3, 0.4) is 0 Å². The number of fused-ring (bicyclic) bond motifs is 2. The summed E-state index contributed by atoms with van der Waals surface area (Å²) in [6.07, 6.45) is 9.80. The molecule has 0 radical (unpaired) electrons. The lowest BCUT2D eigenvalue weighted by Gasteiger charge is -2.62. The Bertz CT molecular complexity index is 937. The quantitative estimate of drug-likeness (QED) is 0.390. The number of allylic oxidation sites excluding steroid dienone is 2. The number of unbranched alkanes of at least 4 members (excludes halogenated alkanes) is 1. The molecular weight excluding hydrogens is 417 g/mol. The Morgan fingerprint density at radius 1 is 1.23 bits per heavy atom. The van der Waals surface area contributed by atoms with Crippen molar-refractivity contribution >= 4 is 22.1 Å². The molecule has 0 amide bonds. The van der Waals surface area contributed by atoms with Crippen LogP contribution in [0.15, 0.2) is 41.8 Å². The summed E-state index contributed by atoms with van der Waals surface area (Å²) in [5.74, 6) is 0.0441. The summed E-state index contributed by atoms with van der Waals surface area (Å²) in [5, 5.41) is 9.89. The molecule has 2 N–H and O–H groups in total. The Kier molecular flexibility index (Phi) is 7.37. The Hall–Kier alpha value is -1.99. The fourth-order valence-electron chi connectivity index (χ4n) is 5.14. The number of carbonyl (C=O) groups is 1. The van der Waals surface area contributed by atoms with Gasteiger partial charge in [0.2, 0.25) is 10.0 Å². The number of halogens is 1. The van der Waals surface area contributed by atoms with Crippen molar-refractivity contribution in [2.24, 2.45) is 23.2 Å². The van der Waals surface area contributed by atoms with Gasteiger partial charge in [-0.2, -0.15) is 0 Å². The normalized spacial score (nSPS) is 27.5. The minimum atomic E-state index is -3.62. The topological polar surface area (TPSA) is 83.5 Å². The molecule has 3 aliphatic carbocycles. The van der Waals surface area contributed by atoms with Crippen molar-refractivity contribution in [3.63, 3.8) is 0 Å². The van der Waals surface area contributed by atoms with Crippen LogP contribution in [0.5, 0.6) is 0 Å². The molecule has 0 aliphatic heterocycles. The smallest absolute Gasteiger partial charge is 0.303 e. The van der Waals surface area contributed by atoms with Gasteiger partial charge in [0.15, 0.2) is 0 Å². The minimum absolute atomic E-state index is 0.122. The fraction of sp³-hybridized carbons (Fsp3) is 0.542. The van der Waals surface area contributed by atoms with E-state index in [2.05, 4.69) is 24.6 Å². The third kappa shape index (κ3) is 6.04. The van der Waals surface area contributed by atoms with Crippen molar-refractivity contribution in [1.29, 1.82) is 0 Å². The molecule has 3 aliphatic rings. The molecule has 2 bridgehead atoms. The number of rotatable bonds is 10. The molecule has 0 saturated heterocycles. The van der Waals surface area contributed by atoms with E-state index in [1.54, 1.807) is 0 Å². The molecule has 31 heavy (non-hydrogen) atoms. The van der Waals surface area contributed by atoms with E-state index in [0.717, 1.165) is 24.7 Å². The van der Waals surface area contributed by atoms with Gasteiger partial charge in [0.25, 0.3) is 0 Å². The molecule has 4 rings (SSSR count). The zero-order chi connectivity index (χ0) is 22.6. The molecule has 1 aromatic rings. The van der Waals surface area contributed by atoms with Crippen LogP contribution in [0.1, 0.15) is 57.9 Å². The first kappa shape index (κ1) is 23.7. The first-order chi connectivity index (χ1) is 14.6. The van der Waals surface area contributed by atoms with Crippen molar-refractivity contribution in [3.05, 3.63) is 53.2 Å². The average Bonchev–Trinajstić information content (AvgIpc) is 2.70. The SMILES string of the molecule is CC1(C)C2CC(NS(=O)(=O)C=Cc3ccc(F)cc3)C(C/C=C\CCCC(=O)O)C1C2. The maximum atomic E-state index is 13.0. The van der Waals surface area contributed by atoms with Gasteiger partial charge in [0.1, 0.15) is 5.82 Å². The molecule has 0 aromatic heterocycles. The van der Waals surface area contributed by atoms with Gasteiger partial charge >= 0.3 is 5.97 Å². The summed E-state index contributed by atoms with van der Waals surface area (Å²) in [6.45, 7) is 4.54. The Balaban J connectivity index is 1.64. The average molecular weight is 450 g/mol. The van der Waals surface area contributed by atoms with Crippen LogP contribution in [0, 0.1) is 29.0 Å². The summed E-state index contributed by atoms with van der Waals surface area (Å²) >= 11 is 0. The van der Waals surface area contributed by atoms with E-state index in [9.17, 15) is 17.6 Å². The van der Waals surface area contributed by atoms with E-state index in [1.165, 1.54) is 30.3 Å². The van der Waals surface area contributed by atoms with Crippen molar-refractivity contribution in [1.82, 2.24) is 4.72 Å². The fourth-order valence-corrected chi connectivity index (χ4v) is 6.25. The number of hydrogen-bond donors (Lipinski definition) is 2. The van der Waals surface area contributed by atoms with E-state index in [1.807, 2.05) is 6.08 Å². The lowest BCUT2D eigenvalue weighted by Crippen LogP contribution is -2.61. The van der Waals surface area contributed by atoms with Crippen LogP contribution in [0.25, 0.3) is 6.08 Å². The van der Waals surface area contributed by atoms with Crippen LogP contribution in [-0.2, 0) is 14.8 Å². The van der Waals surface area contributed by atoms with Crippen LogP contribution in [-0.4, -0.2) is 25.5 Å². The lowest BCUT2D eigenvalue weighted by atomic mass is 9.44. The number of benzene rings is 1. The summed E-state index contributed by atoms with van der Waals surface area (Å²) in [6, 6.07) is 5.56. The second kappa shape index (κ2) is 9.65. The lowest BCUT2D eigenvalue weighted by molar-refractivity contribution is -0.137. The van der Waals surface area contributed by atoms with Gasteiger partial charge in [-0.05, 0) is 79.0 Å². The summed E-state index contributed by atoms with van der Waals surface area (Å²) < 4.78 is 41.3. The van der Waals surface area contributed by atoms with E-state index in [4.69, 9.17) is 5.11 Å². The first-order valence-electron chi connectivity index (χ1n) is 10.9. The molecule has 5 nitrogen and oxygen atoms in total. The van der Waals surface area contributed by atoms with E-state index >= 15 is 0 Å². The second-order valence-corrected chi connectivity index (χ2v) is 11.0. The number of hydrogen-bond acceptors (Lipinski definition) is 3. The predicted molar refractivity (Wildman–Crippen MR) is 120 cm³/mol. The first-order valence-corrected chi connectivity index (χ1v) is 12.5. The molecule has 4 unspecified atom stereocenters. The Labute approximate surface area is 184 Å². The molecule has 4 atom stereocenters.